The SMILES string of the molecule is CN(CC1CC1)[C@H](CNC(=O)c1ccc(Cl)c(Cl)c1)Cc1ccc2[nH]ncc2c1. The van der Waals surface area contributed by atoms with E-state index in [-0.39, 0.29) is 11.9 Å². The van der Waals surface area contributed by atoms with Crippen molar-refractivity contribution in [1.29, 1.82) is 0 Å². The number of carbonyl (C=O) groups excluding carboxylic acids is 1. The number of fused-ring (bicyclic) bond motifs is 1. The van der Waals surface area contributed by atoms with Crippen LogP contribution in [0.3, 0.4) is 0 Å². The van der Waals surface area contributed by atoms with E-state index in [1.165, 1.54) is 18.4 Å². The monoisotopic (exact) mass is 430 g/mol. The second-order valence-corrected chi connectivity index (χ2v) is 8.69. The Morgan fingerprint density at radius 1 is 1.24 bits per heavy atom. The summed E-state index contributed by atoms with van der Waals surface area (Å²) in [6, 6.07) is 11.5. The molecule has 1 fully saturated rings. The average molecular weight is 431 g/mol. The fraction of sp³-hybridized carbons (Fsp3) is 0.364. The van der Waals surface area contributed by atoms with Gasteiger partial charge >= 0.3 is 0 Å². The van der Waals surface area contributed by atoms with Crippen molar-refractivity contribution in [3.63, 3.8) is 0 Å². The van der Waals surface area contributed by atoms with Crippen molar-refractivity contribution in [2.45, 2.75) is 25.3 Å². The molecule has 0 radical (unpaired) electrons. The number of nitrogens with zero attached hydrogens (tertiary/aromatic N) is 2. The number of H-pyrrole nitrogens is 1. The van der Waals surface area contributed by atoms with E-state index in [0.29, 0.717) is 22.2 Å². The Bertz CT molecular complexity index is 1010. The van der Waals surface area contributed by atoms with Crippen molar-refractivity contribution in [2.24, 2.45) is 5.92 Å². The number of aromatic amines is 1. The molecule has 1 aromatic heterocycles. The van der Waals surface area contributed by atoms with Crippen LogP contribution in [0.2, 0.25) is 10.0 Å². The van der Waals surface area contributed by atoms with Gasteiger partial charge in [-0.25, -0.2) is 0 Å². The number of halogens is 2. The predicted molar refractivity (Wildman–Crippen MR) is 118 cm³/mol. The Kier molecular flexibility index (Phi) is 6.09. The van der Waals surface area contributed by atoms with Crippen molar-refractivity contribution in [2.75, 3.05) is 20.1 Å². The van der Waals surface area contributed by atoms with Gasteiger partial charge in [0.05, 0.1) is 21.8 Å². The molecule has 2 aromatic carbocycles. The number of aromatic nitrogens is 2. The summed E-state index contributed by atoms with van der Waals surface area (Å²) in [6.45, 7) is 1.62. The summed E-state index contributed by atoms with van der Waals surface area (Å²) in [5.74, 6) is 0.642. The first kappa shape index (κ1) is 20.2. The lowest BCUT2D eigenvalue weighted by Crippen LogP contribution is -2.44. The van der Waals surface area contributed by atoms with Crippen LogP contribution in [0.25, 0.3) is 10.9 Å². The quantitative estimate of drug-likeness (QED) is 0.550. The molecule has 1 saturated carbocycles. The molecule has 5 nitrogen and oxygen atoms in total. The zero-order valence-electron chi connectivity index (χ0n) is 16.3. The van der Waals surface area contributed by atoms with E-state index in [2.05, 4.69) is 45.7 Å². The lowest BCUT2D eigenvalue weighted by atomic mass is 10.0. The van der Waals surface area contributed by atoms with Gasteiger partial charge in [0, 0.05) is 30.1 Å². The summed E-state index contributed by atoms with van der Waals surface area (Å²) in [6.07, 6.45) is 5.29. The number of rotatable bonds is 8. The zero-order valence-corrected chi connectivity index (χ0v) is 17.8. The Balaban J connectivity index is 1.45. The molecule has 3 aromatic rings. The molecule has 2 N–H and O–H groups in total. The summed E-state index contributed by atoms with van der Waals surface area (Å²) in [5, 5.41) is 12.1. The maximum absolute atomic E-state index is 12.6. The molecule has 0 aliphatic heterocycles. The van der Waals surface area contributed by atoms with E-state index in [0.717, 1.165) is 29.8 Å². The maximum Gasteiger partial charge on any atom is 0.251 e. The molecular formula is C22H24Cl2N4O. The minimum Gasteiger partial charge on any atom is -0.350 e. The molecule has 1 atom stereocenters. The Labute approximate surface area is 180 Å². The first-order valence-electron chi connectivity index (χ1n) is 9.85. The molecule has 29 heavy (non-hydrogen) atoms. The van der Waals surface area contributed by atoms with Crippen molar-refractivity contribution in [1.82, 2.24) is 20.4 Å². The molecule has 7 heteroatoms. The molecule has 0 saturated heterocycles. The summed E-state index contributed by atoms with van der Waals surface area (Å²) >= 11 is 12.0. The van der Waals surface area contributed by atoms with Crippen molar-refractivity contribution >= 4 is 40.0 Å². The van der Waals surface area contributed by atoms with Crippen molar-refractivity contribution < 1.29 is 4.79 Å². The van der Waals surface area contributed by atoms with Gasteiger partial charge in [-0.3, -0.25) is 9.89 Å². The van der Waals surface area contributed by atoms with Gasteiger partial charge in [-0.2, -0.15) is 5.10 Å². The molecule has 0 bridgehead atoms. The lowest BCUT2D eigenvalue weighted by molar-refractivity contribution is 0.0937. The second kappa shape index (κ2) is 8.74. The van der Waals surface area contributed by atoms with Gasteiger partial charge in [0.25, 0.3) is 5.91 Å². The number of nitrogens with one attached hydrogen (secondary N) is 2. The van der Waals surface area contributed by atoms with Gasteiger partial charge in [0.15, 0.2) is 0 Å². The van der Waals surface area contributed by atoms with Crippen LogP contribution in [0.1, 0.15) is 28.8 Å². The van der Waals surface area contributed by atoms with Crippen LogP contribution in [0.4, 0.5) is 0 Å². The van der Waals surface area contributed by atoms with Gasteiger partial charge < -0.3 is 10.2 Å². The Hall–Kier alpha value is -2.08. The number of carbonyl (C=O) groups is 1. The molecule has 1 aliphatic rings. The molecule has 1 amide bonds. The lowest BCUT2D eigenvalue weighted by Gasteiger charge is -2.28. The van der Waals surface area contributed by atoms with E-state index in [1.54, 1.807) is 18.2 Å². The number of amides is 1. The number of benzene rings is 2. The molecule has 4 rings (SSSR count). The summed E-state index contributed by atoms with van der Waals surface area (Å²) < 4.78 is 0. The molecule has 152 valence electrons. The van der Waals surface area contributed by atoms with E-state index in [4.69, 9.17) is 23.2 Å². The minimum absolute atomic E-state index is 0.140. The zero-order chi connectivity index (χ0) is 20.4. The van der Waals surface area contributed by atoms with Crippen molar-refractivity contribution in [3.05, 3.63) is 63.8 Å². The minimum atomic E-state index is -0.140. The third-order valence-corrected chi connectivity index (χ3v) is 6.26. The van der Waals surface area contributed by atoms with Crippen LogP contribution in [-0.4, -0.2) is 47.2 Å². The van der Waals surface area contributed by atoms with Gasteiger partial charge in [0.1, 0.15) is 0 Å². The highest BCUT2D eigenvalue weighted by atomic mass is 35.5. The maximum atomic E-state index is 12.6. The third-order valence-electron chi connectivity index (χ3n) is 5.52. The third kappa shape index (κ3) is 5.10. The highest BCUT2D eigenvalue weighted by molar-refractivity contribution is 6.42. The summed E-state index contributed by atoms with van der Waals surface area (Å²) in [7, 11) is 2.14. The first-order valence-corrected chi connectivity index (χ1v) is 10.6. The van der Waals surface area contributed by atoms with Gasteiger partial charge in [-0.05, 0) is 68.1 Å². The van der Waals surface area contributed by atoms with E-state index >= 15 is 0 Å². The number of hydrogen-bond acceptors (Lipinski definition) is 3. The van der Waals surface area contributed by atoms with Crippen LogP contribution in [0, 0.1) is 5.92 Å². The van der Waals surface area contributed by atoms with Gasteiger partial charge in [-0.15, -0.1) is 0 Å². The largest absolute Gasteiger partial charge is 0.350 e. The topological polar surface area (TPSA) is 61.0 Å². The van der Waals surface area contributed by atoms with Crippen LogP contribution >= 0.6 is 23.2 Å². The molecule has 0 spiro atoms. The van der Waals surface area contributed by atoms with Crippen LogP contribution < -0.4 is 5.32 Å². The highest BCUT2D eigenvalue weighted by Crippen LogP contribution is 2.30. The van der Waals surface area contributed by atoms with Crippen LogP contribution in [0.15, 0.2) is 42.6 Å². The normalized spacial score (nSPS) is 15.0. The van der Waals surface area contributed by atoms with E-state index < -0.39 is 0 Å². The smallest absolute Gasteiger partial charge is 0.251 e. The van der Waals surface area contributed by atoms with Crippen LogP contribution in [0.5, 0.6) is 0 Å². The predicted octanol–water partition coefficient (Wildman–Crippen LogP) is 4.55. The van der Waals surface area contributed by atoms with E-state index in [9.17, 15) is 4.79 Å². The Morgan fingerprint density at radius 3 is 2.83 bits per heavy atom. The fourth-order valence-electron chi connectivity index (χ4n) is 3.58. The second-order valence-electron chi connectivity index (χ2n) is 7.87. The molecule has 1 heterocycles. The Morgan fingerprint density at radius 2 is 2.07 bits per heavy atom. The first-order chi connectivity index (χ1) is 14.0. The van der Waals surface area contributed by atoms with Crippen LogP contribution in [-0.2, 0) is 6.42 Å². The fourth-order valence-corrected chi connectivity index (χ4v) is 3.88. The number of hydrogen-bond donors (Lipinski definition) is 2. The molecule has 0 unspecified atom stereocenters. The summed E-state index contributed by atoms with van der Waals surface area (Å²) in [4.78, 5) is 15.0. The highest BCUT2D eigenvalue weighted by Gasteiger charge is 2.26. The van der Waals surface area contributed by atoms with Gasteiger partial charge in [-0.1, -0.05) is 29.3 Å². The van der Waals surface area contributed by atoms with E-state index in [1.807, 2.05) is 6.20 Å². The molecular weight excluding hydrogens is 407 g/mol. The van der Waals surface area contributed by atoms with Gasteiger partial charge in [0.2, 0.25) is 0 Å². The number of likely N-dealkylation sites (N-methyl/N-ethyl adjacent to an activating group) is 1. The standard InChI is InChI=1S/C22H24Cl2N4O/c1-28(13-14-2-3-14)18(9-15-4-7-21-17(8-15)11-26-27-21)12-25-22(29)16-5-6-19(23)20(24)10-16/h4-8,10-11,14,18H,2-3,9,12-13H2,1H3,(H,25,29)(H,26,27)/t18-/m0/s1. The van der Waals surface area contributed by atoms with Crippen molar-refractivity contribution in [3.8, 4) is 0 Å². The summed E-state index contributed by atoms with van der Waals surface area (Å²) in [5.41, 5.74) is 2.78. The average Bonchev–Trinajstić information content (AvgIpc) is 3.40. The molecule has 1 aliphatic carbocycles.